The highest BCUT2D eigenvalue weighted by molar-refractivity contribution is 14.1. The van der Waals surface area contributed by atoms with Gasteiger partial charge in [0.15, 0.2) is 0 Å². The Morgan fingerprint density at radius 2 is 1.94 bits per heavy atom. The van der Waals surface area contributed by atoms with Crippen LogP contribution in [0, 0.1) is 16.3 Å². The van der Waals surface area contributed by atoms with Crippen LogP contribution in [0.25, 0.3) is 0 Å². The monoisotopic (exact) mass is 341 g/mol. The standard InChI is InChI=1S/C14H13FIN/c1-10-8-12(15)7-6-11(10)9-17-14-5-3-2-4-13(14)16/h2-8,17H,9H2,1H3. The molecule has 0 saturated heterocycles. The number of para-hydroxylation sites is 1. The van der Waals surface area contributed by atoms with Crippen LogP contribution < -0.4 is 5.32 Å². The average Bonchev–Trinajstić information content (AvgIpc) is 2.30. The van der Waals surface area contributed by atoms with E-state index in [1.807, 2.05) is 31.2 Å². The maximum absolute atomic E-state index is 13.0. The molecule has 1 N–H and O–H groups in total. The van der Waals surface area contributed by atoms with E-state index >= 15 is 0 Å². The van der Waals surface area contributed by atoms with Crippen molar-refractivity contribution in [2.75, 3.05) is 5.32 Å². The quantitative estimate of drug-likeness (QED) is 0.819. The highest BCUT2D eigenvalue weighted by atomic mass is 127. The zero-order valence-corrected chi connectivity index (χ0v) is 11.7. The minimum absolute atomic E-state index is 0.180. The lowest BCUT2D eigenvalue weighted by Gasteiger charge is -2.10. The molecule has 0 fully saturated rings. The number of hydrogen-bond donors (Lipinski definition) is 1. The van der Waals surface area contributed by atoms with Crippen molar-refractivity contribution >= 4 is 28.3 Å². The number of hydrogen-bond acceptors (Lipinski definition) is 1. The summed E-state index contributed by atoms with van der Waals surface area (Å²) in [6.07, 6.45) is 0. The van der Waals surface area contributed by atoms with Gasteiger partial charge in [0.25, 0.3) is 0 Å². The second kappa shape index (κ2) is 5.49. The maximum atomic E-state index is 13.0. The van der Waals surface area contributed by atoms with Gasteiger partial charge in [0, 0.05) is 15.8 Å². The van der Waals surface area contributed by atoms with Crippen molar-refractivity contribution in [1.29, 1.82) is 0 Å². The SMILES string of the molecule is Cc1cc(F)ccc1CNc1ccccc1I. The fourth-order valence-electron chi connectivity index (χ4n) is 1.65. The molecule has 0 bridgehead atoms. The van der Waals surface area contributed by atoms with E-state index in [-0.39, 0.29) is 5.82 Å². The average molecular weight is 341 g/mol. The number of rotatable bonds is 3. The largest absolute Gasteiger partial charge is 0.380 e. The van der Waals surface area contributed by atoms with Crippen LogP contribution in [0.4, 0.5) is 10.1 Å². The van der Waals surface area contributed by atoms with Gasteiger partial charge in [-0.3, -0.25) is 0 Å². The summed E-state index contributed by atoms with van der Waals surface area (Å²) >= 11 is 2.29. The van der Waals surface area contributed by atoms with Crippen LogP contribution in [0.1, 0.15) is 11.1 Å². The van der Waals surface area contributed by atoms with Crippen LogP contribution in [-0.4, -0.2) is 0 Å². The topological polar surface area (TPSA) is 12.0 Å². The van der Waals surface area contributed by atoms with Crippen molar-refractivity contribution < 1.29 is 4.39 Å². The van der Waals surface area contributed by atoms with E-state index in [1.54, 1.807) is 6.07 Å². The van der Waals surface area contributed by atoms with Gasteiger partial charge in [0.05, 0.1) is 0 Å². The summed E-state index contributed by atoms with van der Waals surface area (Å²) < 4.78 is 14.1. The lowest BCUT2D eigenvalue weighted by Crippen LogP contribution is -2.02. The highest BCUT2D eigenvalue weighted by Crippen LogP contribution is 2.19. The summed E-state index contributed by atoms with van der Waals surface area (Å²) in [7, 11) is 0. The molecule has 0 spiro atoms. The molecule has 2 aromatic rings. The van der Waals surface area contributed by atoms with Gasteiger partial charge in [0.1, 0.15) is 5.82 Å². The van der Waals surface area contributed by atoms with Crippen LogP contribution in [0.3, 0.4) is 0 Å². The molecule has 88 valence electrons. The summed E-state index contributed by atoms with van der Waals surface area (Å²) in [5.41, 5.74) is 3.20. The van der Waals surface area contributed by atoms with Crippen molar-refractivity contribution in [3.63, 3.8) is 0 Å². The van der Waals surface area contributed by atoms with Crippen LogP contribution in [0.5, 0.6) is 0 Å². The molecule has 0 saturated carbocycles. The van der Waals surface area contributed by atoms with E-state index in [0.717, 1.165) is 16.8 Å². The van der Waals surface area contributed by atoms with E-state index in [9.17, 15) is 4.39 Å². The van der Waals surface area contributed by atoms with Crippen molar-refractivity contribution in [2.45, 2.75) is 13.5 Å². The molecule has 0 radical (unpaired) electrons. The Morgan fingerprint density at radius 1 is 1.18 bits per heavy atom. The molecular formula is C14H13FIN. The van der Waals surface area contributed by atoms with Gasteiger partial charge in [-0.2, -0.15) is 0 Å². The van der Waals surface area contributed by atoms with Gasteiger partial charge in [0.2, 0.25) is 0 Å². The Kier molecular flexibility index (Phi) is 3.99. The predicted molar refractivity (Wildman–Crippen MR) is 77.6 cm³/mol. The zero-order valence-electron chi connectivity index (χ0n) is 9.50. The zero-order chi connectivity index (χ0) is 12.3. The summed E-state index contributed by atoms with van der Waals surface area (Å²) in [5.74, 6) is -0.180. The number of halogens is 2. The first-order chi connectivity index (χ1) is 8.16. The third-order valence-corrected chi connectivity index (χ3v) is 3.59. The first-order valence-corrected chi connectivity index (χ1v) is 6.48. The van der Waals surface area contributed by atoms with Gasteiger partial charge >= 0.3 is 0 Å². The van der Waals surface area contributed by atoms with E-state index in [2.05, 4.69) is 34.0 Å². The molecule has 0 amide bonds. The van der Waals surface area contributed by atoms with E-state index in [4.69, 9.17) is 0 Å². The molecule has 0 atom stereocenters. The molecule has 0 aromatic heterocycles. The number of nitrogens with one attached hydrogen (secondary N) is 1. The lowest BCUT2D eigenvalue weighted by molar-refractivity contribution is 0.625. The Labute approximate surface area is 114 Å². The van der Waals surface area contributed by atoms with E-state index in [1.165, 1.54) is 9.64 Å². The number of aryl methyl sites for hydroxylation is 1. The van der Waals surface area contributed by atoms with Crippen molar-refractivity contribution in [2.24, 2.45) is 0 Å². The van der Waals surface area contributed by atoms with Gasteiger partial charge in [-0.25, -0.2) is 4.39 Å². The first kappa shape index (κ1) is 12.4. The Hall–Kier alpha value is -1.10. The summed E-state index contributed by atoms with van der Waals surface area (Å²) in [4.78, 5) is 0. The Balaban J connectivity index is 2.10. The fourth-order valence-corrected chi connectivity index (χ4v) is 2.23. The lowest BCUT2D eigenvalue weighted by atomic mass is 10.1. The van der Waals surface area contributed by atoms with Crippen molar-refractivity contribution in [3.8, 4) is 0 Å². The van der Waals surface area contributed by atoms with Gasteiger partial charge < -0.3 is 5.32 Å². The maximum Gasteiger partial charge on any atom is 0.123 e. The molecular weight excluding hydrogens is 328 g/mol. The molecule has 1 nitrogen and oxygen atoms in total. The van der Waals surface area contributed by atoms with Gasteiger partial charge in [-0.15, -0.1) is 0 Å². The third kappa shape index (κ3) is 3.19. The molecule has 0 aliphatic carbocycles. The molecule has 3 heteroatoms. The van der Waals surface area contributed by atoms with Crippen molar-refractivity contribution in [1.82, 2.24) is 0 Å². The molecule has 0 aliphatic heterocycles. The summed E-state index contributed by atoms with van der Waals surface area (Å²) in [5, 5.41) is 3.36. The molecule has 0 unspecified atom stereocenters. The third-order valence-electron chi connectivity index (χ3n) is 2.65. The minimum atomic E-state index is -0.180. The minimum Gasteiger partial charge on any atom is -0.380 e. The number of anilines is 1. The molecule has 2 rings (SSSR count). The van der Waals surface area contributed by atoms with Crippen LogP contribution in [0.15, 0.2) is 42.5 Å². The number of benzene rings is 2. The van der Waals surface area contributed by atoms with Crippen LogP contribution in [-0.2, 0) is 6.54 Å². The first-order valence-electron chi connectivity index (χ1n) is 5.40. The molecule has 0 heterocycles. The molecule has 0 aliphatic rings. The van der Waals surface area contributed by atoms with E-state index in [0.29, 0.717) is 6.54 Å². The fraction of sp³-hybridized carbons (Fsp3) is 0.143. The second-order valence-electron chi connectivity index (χ2n) is 3.90. The van der Waals surface area contributed by atoms with Crippen LogP contribution >= 0.6 is 22.6 Å². The van der Waals surface area contributed by atoms with Crippen LogP contribution in [0.2, 0.25) is 0 Å². The van der Waals surface area contributed by atoms with Crippen molar-refractivity contribution in [3.05, 3.63) is 63.0 Å². The Bertz CT molecular complexity index is 525. The summed E-state index contributed by atoms with van der Waals surface area (Å²) in [6.45, 7) is 2.64. The Morgan fingerprint density at radius 3 is 2.65 bits per heavy atom. The summed E-state index contributed by atoms with van der Waals surface area (Å²) in [6, 6.07) is 13.0. The highest BCUT2D eigenvalue weighted by Gasteiger charge is 2.01. The van der Waals surface area contributed by atoms with Gasteiger partial charge in [-0.05, 0) is 64.9 Å². The normalized spacial score (nSPS) is 10.3. The predicted octanol–water partition coefficient (Wildman–Crippen LogP) is 4.35. The molecule has 2 aromatic carbocycles. The molecule has 17 heavy (non-hydrogen) atoms. The smallest absolute Gasteiger partial charge is 0.123 e. The second-order valence-corrected chi connectivity index (χ2v) is 5.07. The van der Waals surface area contributed by atoms with Gasteiger partial charge in [-0.1, -0.05) is 18.2 Å². The van der Waals surface area contributed by atoms with E-state index < -0.39 is 0 Å².